The van der Waals surface area contributed by atoms with Crippen molar-refractivity contribution in [1.29, 1.82) is 0 Å². The maximum absolute atomic E-state index is 11.1. The molecule has 88 valence electrons. The Morgan fingerprint density at radius 1 is 1.56 bits per heavy atom. The van der Waals surface area contributed by atoms with Gasteiger partial charge < -0.3 is 16.2 Å². The molecule has 0 aliphatic heterocycles. The molecule has 4 N–H and O–H groups in total. The van der Waals surface area contributed by atoms with E-state index in [1.165, 1.54) is 18.2 Å². The maximum atomic E-state index is 11.1. The van der Waals surface area contributed by atoms with Crippen LogP contribution in [0.5, 0.6) is 5.75 Å². The molecule has 1 aromatic rings. The van der Waals surface area contributed by atoms with Crippen LogP contribution in [0.15, 0.2) is 24.3 Å². The quantitative estimate of drug-likeness (QED) is 0.428. The number of hydrogen-bond donors (Lipinski definition) is 3. The van der Waals surface area contributed by atoms with Gasteiger partial charge in [0.15, 0.2) is 0 Å². The van der Waals surface area contributed by atoms with Gasteiger partial charge in [0, 0.05) is 23.9 Å². The van der Waals surface area contributed by atoms with Gasteiger partial charge in [0.1, 0.15) is 5.75 Å². The summed E-state index contributed by atoms with van der Waals surface area (Å²) < 4.78 is 0. The van der Waals surface area contributed by atoms with Crippen molar-refractivity contribution in [3.63, 3.8) is 0 Å². The van der Waals surface area contributed by atoms with Crippen LogP contribution in [0.1, 0.15) is 12.5 Å². The Morgan fingerprint density at radius 3 is 2.88 bits per heavy atom. The lowest BCUT2D eigenvalue weighted by molar-refractivity contribution is -0.116. The lowest BCUT2D eigenvalue weighted by Gasteiger charge is -2.00. The van der Waals surface area contributed by atoms with E-state index in [9.17, 15) is 9.90 Å². The summed E-state index contributed by atoms with van der Waals surface area (Å²) >= 11 is 0. The maximum Gasteiger partial charge on any atom is 0.243 e. The number of nitrogens with one attached hydrogen (secondary N) is 1. The molecular formula is C11H15ClN2O2. The number of halogens is 1. The third-order valence-electron chi connectivity index (χ3n) is 1.82. The van der Waals surface area contributed by atoms with Crippen LogP contribution in [-0.4, -0.2) is 17.6 Å². The van der Waals surface area contributed by atoms with E-state index in [1.807, 2.05) is 6.92 Å². The Hall–Kier alpha value is -1.68. The summed E-state index contributed by atoms with van der Waals surface area (Å²) in [6, 6.07) is 4.69. The zero-order valence-electron chi connectivity index (χ0n) is 8.93. The Bertz CT molecular complexity index is 392. The van der Waals surface area contributed by atoms with Crippen molar-refractivity contribution in [3.05, 3.63) is 29.8 Å². The molecule has 0 aliphatic rings. The van der Waals surface area contributed by atoms with E-state index in [-0.39, 0.29) is 24.1 Å². The molecule has 0 saturated heterocycles. The second-order valence-electron chi connectivity index (χ2n) is 3.05. The molecule has 0 aromatic heterocycles. The van der Waals surface area contributed by atoms with Gasteiger partial charge in [-0.15, -0.1) is 12.4 Å². The topological polar surface area (TPSA) is 75.4 Å². The molecule has 4 nitrogen and oxygen atoms in total. The van der Waals surface area contributed by atoms with Crippen molar-refractivity contribution in [2.75, 3.05) is 12.3 Å². The third-order valence-corrected chi connectivity index (χ3v) is 1.82. The molecule has 0 fully saturated rings. The lowest BCUT2D eigenvalue weighted by atomic mass is 10.1. The van der Waals surface area contributed by atoms with E-state index in [4.69, 9.17) is 5.73 Å². The number of nitrogens with two attached hydrogens (primary N) is 1. The molecule has 0 radical (unpaired) electrons. The number of hydrogen-bond acceptors (Lipinski definition) is 3. The monoisotopic (exact) mass is 242 g/mol. The zero-order chi connectivity index (χ0) is 11.3. The van der Waals surface area contributed by atoms with Gasteiger partial charge in [-0.3, -0.25) is 4.79 Å². The van der Waals surface area contributed by atoms with Gasteiger partial charge in [-0.1, -0.05) is 0 Å². The summed E-state index contributed by atoms with van der Waals surface area (Å²) in [6.07, 6.45) is 2.88. The molecule has 1 rings (SSSR count). The number of likely N-dealkylation sites (N-methyl/N-ethyl adjacent to an activating group) is 1. The van der Waals surface area contributed by atoms with Crippen molar-refractivity contribution < 1.29 is 9.90 Å². The first-order valence-corrected chi connectivity index (χ1v) is 4.68. The lowest BCUT2D eigenvalue weighted by Crippen LogP contribution is -2.19. The van der Waals surface area contributed by atoms with Crippen LogP contribution in [0.2, 0.25) is 0 Å². The average Bonchev–Trinajstić information content (AvgIpc) is 2.20. The fourth-order valence-corrected chi connectivity index (χ4v) is 1.11. The number of aromatic hydroxyl groups is 1. The largest absolute Gasteiger partial charge is 0.507 e. The number of anilines is 1. The van der Waals surface area contributed by atoms with Crippen LogP contribution < -0.4 is 11.1 Å². The summed E-state index contributed by atoms with van der Waals surface area (Å²) in [7, 11) is 0. The Labute approximate surface area is 101 Å². The molecule has 0 spiro atoms. The van der Waals surface area contributed by atoms with Crippen molar-refractivity contribution in [2.45, 2.75) is 6.92 Å². The highest BCUT2D eigenvalue weighted by atomic mass is 35.5. The zero-order valence-corrected chi connectivity index (χ0v) is 9.75. The molecule has 0 bridgehead atoms. The number of benzene rings is 1. The minimum Gasteiger partial charge on any atom is -0.507 e. The summed E-state index contributed by atoms with van der Waals surface area (Å²) in [5.41, 5.74) is 6.62. The molecule has 1 amide bonds. The number of phenols is 1. The third kappa shape index (κ3) is 4.23. The molecule has 0 saturated carbocycles. The van der Waals surface area contributed by atoms with E-state index in [0.717, 1.165) is 0 Å². The standard InChI is InChI=1S/C11H14N2O2.ClH/c1-2-13-11(15)6-3-8-7-9(12)4-5-10(8)14;/h3-7,14H,2,12H2,1H3,(H,13,15);1H. The van der Waals surface area contributed by atoms with Gasteiger partial charge >= 0.3 is 0 Å². The van der Waals surface area contributed by atoms with Gasteiger partial charge in [-0.05, 0) is 31.2 Å². The second-order valence-corrected chi connectivity index (χ2v) is 3.05. The predicted octanol–water partition coefficient (Wildman–Crippen LogP) is 1.55. The Morgan fingerprint density at radius 2 is 2.25 bits per heavy atom. The molecular weight excluding hydrogens is 228 g/mol. The van der Waals surface area contributed by atoms with Gasteiger partial charge in [0.2, 0.25) is 5.91 Å². The highest BCUT2D eigenvalue weighted by Gasteiger charge is 1.98. The second kappa shape index (κ2) is 6.74. The van der Waals surface area contributed by atoms with Crippen LogP contribution in [0, 0.1) is 0 Å². The van der Waals surface area contributed by atoms with Crippen LogP contribution >= 0.6 is 12.4 Å². The molecule has 16 heavy (non-hydrogen) atoms. The van der Waals surface area contributed by atoms with Gasteiger partial charge in [0.05, 0.1) is 0 Å². The van der Waals surface area contributed by atoms with Gasteiger partial charge in [-0.2, -0.15) is 0 Å². The van der Waals surface area contributed by atoms with Crippen molar-refractivity contribution in [1.82, 2.24) is 5.32 Å². The van der Waals surface area contributed by atoms with Crippen LogP contribution in [0.25, 0.3) is 6.08 Å². The van der Waals surface area contributed by atoms with Crippen molar-refractivity contribution in [2.24, 2.45) is 0 Å². The average molecular weight is 243 g/mol. The fourth-order valence-electron chi connectivity index (χ4n) is 1.11. The minimum absolute atomic E-state index is 0. The molecule has 0 atom stereocenters. The predicted molar refractivity (Wildman–Crippen MR) is 67.5 cm³/mol. The number of carbonyl (C=O) groups is 1. The molecule has 0 unspecified atom stereocenters. The summed E-state index contributed by atoms with van der Waals surface area (Å²) in [6.45, 7) is 2.41. The van der Waals surface area contributed by atoms with Crippen LogP contribution in [0.4, 0.5) is 5.69 Å². The van der Waals surface area contributed by atoms with E-state index < -0.39 is 0 Å². The van der Waals surface area contributed by atoms with Crippen molar-refractivity contribution in [3.8, 4) is 5.75 Å². The number of phenolic OH excluding ortho intramolecular Hbond substituents is 1. The summed E-state index contributed by atoms with van der Waals surface area (Å²) in [5.74, 6) is -0.0935. The van der Waals surface area contributed by atoms with Crippen LogP contribution in [-0.2, 0) is 4.79 Å². The number of nitrogen functional groups attached to an aromatic ring is 1. The van der Waals surface area contributed by atoms with Gasteiger partial charge in [0.25, 0.3) is 0 Å². The van der Waals surface area contributed by atoms with Crippen molar-refractivity contribution >= 4 is 30.1 Å². The first kappa shape index (κ1) is 14.3. The number of carbonyl (C=O) groups excluding carboxylic acids is 1. The first-order chi connectivity index (χ1) is 7.13. The Balaban J connectivity index is 0.00000225. The minimum atomic E-state index is -0.195. The number of amides is 1. The molecule has 5 heteroatoms. The molecule has 0 heterocycles. The summed E-state index contributed by atoms with van der Waals surface area (Å²) in [5, 5.41) is 12.1. The van der Waals surface area contributed by atoms with E-state index in [2.05, 4.69) is 5.32 Å². The van der Waals surface area contributed by atoms with Crippen LogP contribution in [0.3, 0.4) is 0 Å². The number of rotatable bonds is 3. The van der Waals surface area contributed by atoms with E-state index >= 15 is 0 Å². The normalized spacial score (nSPS) is 9.81. The first-order valence-electron chi connectivity index (χ1n) is 4.68. The highest BCUT2D eigenvalue weighted by Crippen LogP contribution is 2.20. The van der Waals surface area contributed by atoms with E-state index in [1.54, 1.807) is 12.1 Å². The summed E-state index contributed by atoms with van der Waals surface area (Å²) in [4.78, 5) is 11.1. The SMILES string of the molecule is CCNC(=O)C=Cc1cc(N)ccc1O.Cl. The fraction of sp³-hybridized carbons (Fsp3) is 0.182. The van der Waals surface area contributed by atoms with E-state index in [0.29, 0.717) is 17.8 Å². The molecule has 1 aromatic carbocycles. The van der Waals surface area contributed by atoms with Gasteiger partial charge in [-0.25, -0.2) is 0 Å². The Kier molecular flexibility index (Phi) is 6.03. The molecule has 0 aliphatic carbocycles. The smallest absolute Gasteiger partial charge is 0.243 e. The highest BCUT2D eigenvalue weighted by molar-refractivity contribution is 5.92.